The van der Waals surface area contributed by atoms with Crippen molar-refractivity contribution in [3.63, 3.8) is 0 Å². The van der Waals surface area contributed by atoms with E-state index in [0.717, 1.165) is 36.2 Å². The molecule has 1 amide bonds. The first-order valence-corrected chi connectivity index (χ1v) is 12.5. The van der Waals surface area contributed by atoms with E-state index in [2.05, 4.69) is 39.9 Å². The number of hydrogen-bond donors (Lipinski definition) is 3. The molecule has 3 atom stereocenters. The maximum absolute atomic E-state index is 12.8. The minimum absolute atomic E-state index is 0.00574. The van der Waals surface area contributed by atoms with Crippen LogP contribution in [0.1, 0.15) is 25.3 Å². The van der Waals surface area contributed by atoms with Crippen LogP contribution in [-0.4, -0.2) is 56.3 Å². The summed E-state index contributed by atoms with van der Waals surface area (Å²) in [5, 5.41) is 9.96. The molecule has 3 aliphatic heterocycles. The maximum Gasteiger partial charge on any atom is 0.241 e. The number of carbonyl (C=O) groups excluding carboxylic acids is 1. The van der Waals surface area contributed by atoms with Crippen molar-refractivity contribution in [3.8, 4) is 0 Å². The van der Waals surface area contributed by atoms with Gasteiger partial charge in [-0.3, -0.25) is 15.0 Å². The molecular formula is C23H28N4O3S. The molecule has 0 aromatic heterocycles. The Morgan fingerprint density at radius 2 is 2.06 bits per heavy atom. The summed E-state index contributed by atoms with van der Waals surface area (Å²) in [5.74, 6) is 0.0737. The van der Waals surface area contributed by atoms with Crippen molar-refractivity contribution in [2.75, 3.05) is 18.8 Å². The van der Waals surface area contributed by atoms with Crippen LogP contribution in [0.2, 0.25) is 0 Å². The second-order valence-electron chi connectivity index (χ2n) is 8.71. The summed E-state index contributed by atoms with van der Waals surface area (Å²) in [6.07, 6.45) is 7.88. The van der Waals surface area contributed by atoms with Gasteiger partial charge in [0, 0.05) is 24.8 Å². The minimum Gasteiger partial charge on any atom is -0.325 e. The summed E-state index contributed by atoms with van der Waals surface area (Å²) in [4.78, 5) is 15.2. The summed E-state index contributed by atoms with van der Waals surface area (Å²) >= 11 is 0. The maximum atomic E-state index is 12.8. The largest absolute Gasteiger partial charge is 0.325 e. The van der Waals surface area contributed by atoms with Crippen LogP contribution >= 0.6 is 0 Å². The second-order valence-corrected chi connectivity index (χ2v) is 10.8. The smallest absolute Gasteiger partial charge is 0.241 e. The molecule has 0 radical (unpaired) electrons. The van der Waals surface area contributed by atoms with E-state index in [1.807, 2.05) is 18.2 Å². The number of amides is 1. The molecule has 0 saturated carbocycles. The van der Waals surface area contributed by atoms with Gasteiger partial charge in [0.25, 0.3) is 0 Å². The van der Waals surface area contributed by atoms with E-state index in [0.29, 0.717) is 18.0 Å². The van der Waals surface area contributed by atoms with Gasteiger partial charge in [-0.15, -0.1) is 0 Å². The minimum atomic E-state index is -3.31. The zero-order valence-electron chi connectivity index (χ0n) is 17.6. The Labute approximate surface area is 183 Å². The van der Waals surface area contributed by atoms with Crippen LogP contribution in [0.3, 0.4) is 0 Å². The summed E-state index contributed by atoms with van der Waals surface area (Å²) in [5.41, 5.74) is 3.93. The average molecular weight is 441 g/mol. The molecule has 1 aliphatic carbocycles. The molecule has 3 N–H and O–H groups in total. The second kappa shape index (κ2) is 8.02. The van der Waals surface area contributed by atoms with Crippen molar-refractivity contribution >= 4 is 15.7 Å². The number of sulfone groups is 1. The van der Waals surface area contributed by atoms with Crippen LogP contribution in [0.15, 0.2) is 64.2 Å². The molecule has 5 rings (SSSR count). The van der Waals surface area contributed by atoms with E-state index < -0.39 is 9.84 Å². The number of rotatable bonds is 3. The third kappa shape index (κ3) is 4.01. The van der Waals surface area contributed by atoms with E-state index in [-0.39, 0.29) is 29.9 Å². The Bertz CT molecular complexity index is 1100. The molecule has 7 nitrogen and oxygen atoms in total. The summed E-state index contributed by atoms with van der Waals surface area (Å²) in [6.45, 7) is 3.90. The van der Waals surface area contributed by atoms with Crippen LogP contribution in [0.4, 0.5) is 0 Å². The molecule has 31 heavy (non-hydrogen) atoms. The lowest BCUT2D eigenvalue weighted by Crippen LogP contribution is -2.56. The Morgan fingerprint density at radius 3 is 2.84 bits per heavy atom. The fraction of sp³-hybridized carbons (Fsp3) is 0.435. The molecule has 164 valence electrons. The number of nitrogens with one attached hydrogen (secondary N) is 3. The highest BCUT2D eigenvalue weighted by atomic mass is 32.2. The summed E-state index contributed by atoms with van der Waals surface area (Å²) < 4.78 is 25.5. The third-order valence-electron chi connectivity index (χ3n) is 6.56. The number of fused-ring (bicyclic) bond motifs is 2. The summed E-state index contributed by atoms with van der Waals surface area (Å²) in [7, 11) is -3.31. The standard InChI is InChI=1S/C23H28N4O3S/c1-15-6-7-18-17(12-15)20(26-23(28)19-8-9-24-19)13-22(25-18)27-10-11-31(29,30)21-5-3-2-4-16(21)14-27/h2-6,12-13,18-19,22,24-25H,7-11,14H2,1H3,(H,26,28)/t18?,19?,22-/m1/s1. The van der Waals surface area contributed by atoms with Gasteiger partial charge < -0.3 is 10.6 Å². The van der Waals surface area contributed by atoms with Gasteiger partial charge in [-0.2, -0.15) is 0 Å². The number of carbonyl (C=O) groups is 1. The van der Waals surface area contributed by atoms with Gasteiger partial charge >= 0.3 is 0 Å². The quantitative estimate of drug-likeness (QED) is 0.655. The Balaban J connectivity index is 1.46. The zero-order valence-corrected chi connectivity index (χ0v) is 18.4. The van der Waals surface area contributed by atoms with Gasteiger partial charge in [-0.05, 0) is 49.6 Å². The monoisotopic (exact) mass is 440 g/mol. The van der Waals surface area contributed by atoms with Crippen LogP contribution in [0, 0.1) is 0 Å². The highest BCUT2D eigenvalue weighted by Gasteiger charge is 2.35. The predicted octanol–water partition coefficient (Wildman–Crippen LogP) is 1.21. The molecule has 8 heteroatoms. The van der Waals surface area contributed by atoms with E-state index in [4.69, 9.17) is 0 Å². The molecular weight excluding hydrogens is 412 g/mol. The van der Waals surface area contributed by atoms with Crippen LogP contribution < -0.4 is 16.0 Å². The number of allylic oxidation sites excluding steroid dienone is 2. The van der Waals surface area contributed by atoms with Gasteiger partial charge in [-0.1, -0.05) is 35.9 Å². The zero-order chi connectivity index (χ0) is 21.6. The number of benzene rings is 1. The van der Waals surface area contributed by atoms with E-state index in [9.17, 15) is 13.2 Å². The Morgan fingerprint density at radius 1 is 1.26 bits per heavy atom. The van der Waals surface area contributed by atoms with Crippen LogP contribution in [0.5, 0.6) is 0 Å². The highest BCUT2D eigenvalue weighted by Crippen LogP contribution is 2.30. The van der Waals surface area contributed by atoms with E-state index in [1.54, 1.807) is 12.1 Å². The van der Waals surface area contributed by atoms with Crippen molar-refractivity contribution in [2.45, 2.75) is 49.5 Å². The van der Waals surface area contributed by atoms with Crippen molar-refractivity contribution in [3.05, 3.63) is 64.9 Å². The van der Waals surface area contributed by atoms with Crippen molar-refractivity contribution < 1.29 is 13.2 Å². The lowest BCUT2D eigenvalue weighted by atomic mass is 9.89. The van der Waals surface area contributed by atoms with Crippen LogP contribution in [-0.2, 0) is 21.2 Å². The van der Waals surface area contributed by atoms with Gasteiger partial charge in [-0.25, -0.2) is 8.42 Å². The molecule has 4 aliphatic rings. The molecule has 0 bridgehead atoms. The highest BCUT2D eigenvalue weighted by molar-refractivity contribution is 7.91. The predicted molar refractivity (Wildman–Crippen MR) is 119 cm³/mol. The topological polar surface area (TPSA) is 90.5 Å². The molecule has 1 aromatic rings. The SMILES string of the molecule is CC1=CCC2N[C@H](N3CCS(=O)(=O)c4ccccc4C3)C=C(NC(=O)C3CCN3)C2=C1. The fourth-order valence-corrected chi connectivity index (χ4v) is 6.16. The molecule has 2 unspecified atom stereocenters. The normalized spacial score (nSPS) is 29.8. The van der Waals surface area contributed by atoms with E-state index in [1.165, 1.54) is 5.57 Å². The van der Waals surface area contributed by atoms with Crippen LogP contribution in [0.25, 0.3) is 0 Å². The molecule has 1 saturated heterocycles. The van der Waals surface area contributed by atoms with Crippen molar-refractivity contribution in [1.82, 2.24) is 20.9 Å². The van der Waals surface area contributed by atoms with E-state index >= 15 is 0 Å². The molecule has 3 heterocycles. The average Bonchev–Trinajstić information content (AvgIpc) is 2.83. The molecule has 1 aromatic carbocycles. The first-order valence-electron chi connectivity index (χ1n) is 10.9. The molecule has 0 spiro atoms. The fourth-order valence-electron chi connectivity index (χ4n) is 4.64. The number of nitrogens with zero attached hydrogens (tertiary/aromatic N) is 1. The van der Waals surface area contributed by atoms with Gasteiger partial charge in [0.2, 0.25) is 5.91 Å². The Kier molecular flexibility index (Phi) is 5.34. The van der Waals surface area contributed by atoms with Gasteiger partial charge in [0.15, 0.2) is 9.84 Å². The van der Waals surface area contributed by atoms with Crippen molar-refractivity contribution in [1.29, 1.82) is 0 Å². The Hall–Kier alpha value is -2.26. The number of hydrogen-bond acceptors (Lipinski definition) is 6. The third-order valence-corrected chi connectivity index (χ3v) is 8.35. The lowest BCUT2D eigenvalue weighted by Gasteiger charge is -2.40. The summed E-state index contributed by atoms with van der Waals surface area (Å²) in [6, 6.07) is 7.20. The lowest BCUT2D eigenvalue weighted by molar-refractivity contribution is -0.123. The van der Waals surface area contributed by atoms with Crippen molar-refractivity contribution in [2.24, 2.45) is 0 Å². The van der Waals surface area contributed by atoms with Gasteiger partial charge in [0.05, 0.1) is 22.9 Å². The molecule has 1 fully saturated rings. The van der Waals surface area contributed by atoms with Gasteiger partial charge in [0.1, 0.15) is 0 Å². The first-order chi connectivity index (χ1) is 14.9. The first kappa shape index (κ1) is 20.6.